The average Bonchev–Trinajstić information content (AvgIpc) is 2.89. The van der Waals surface area contributed by atoms with E-state index in [0.717, 1.165) is 44.9 Å². The fourth-order valence-corrected chi connectivity index (χ4v) is 3.68. The van der Waals surface area contributed by atoms with Gasteiger partial charge in [0.25, 0.3) is 0 Å². The second-order valence-corrected chi connectivity index (χ2v) is 7.25. The van der Waals surface area contributed by atoms with E-state index < -0.39 is 6.10 Å². The third-order valence-electron chi connectivity index (χ3n) is 5.24. The van der Waals surface area contributed by atoms with E-state index in [1.165, 1.54) is 13.2 Å². The summed E-state index contributed by atoms with van der Waals surface area (Å²) in [6.07, 6.45) is 10.9. The molecule has 0 saturated heterocycles. The number of unbranched alkanes of at least 4 members (excludes halogenated alkanes) is 4. The number of methoxy groups -OCH3 is 1. The predicted molar refractivity (Wildman–Crippen MR) is 101 cm³/mol. The van der Waals surface area contributed by atoms with Crippen LogP contribution < -0.4 is 0 Å². The van der Waals surface area contributed by atoms with Gasteiger partial charge >= 0.3 is 5.97 Å². The van der Waals surface area contributed by atoms with Crippen LogP contribution in [0.2, 0.25) is 0 Å². The second kappa shape index (κ2) is 12.8. The van der Waals surface area contributed by atoms with Gasteiger partial charge in [0.15, 0.2) is 0 Å². The largest absolute Gasteiger partial charge is 0.466 e. The van der Waals surface area contributed by atoms with Gasteiger partial charge in [-0.2, -0.15) is 0 Å². The van der Waals surface area contributed by atoms with E-state index >= 15 is 0 Å². The molecule has 1 rings (SSSR count). The van der Waals surface area contributed by atoms with Crippen LogP contribution in [0.4, 0.5) is 0 Å². The summed E-state index contributed by atoms with van der Waals surface area (Å²) in [6.45, 7) is 2.11. The predicted octanol–water partition coefficient (Wildman–Crippen LogP) is 3.77. The van der Waals surface area contributed by atoms with Gasteiger partial charge in [0, 0.05) is 31.3 Å². The molecular formula is C21H34O5. The van der Waals surface area contributed by atoms with Crippen LogP contribution in [0.1, 0.15) is 77.6 Å². The summed E-state index contributed by atoms with van der Waals surface area (Å²) >= 11 is 0. The van der Waals surface area contributed by atoms with Gasteiger partial charge in [-0.3, -0.25) is 9.59 Å². The maximum atomic E-state index is 12.2. The van der Waals surface area contributed by atoms with Crippen molar-refractivity contribution in [3.05, 3.63) is 12.2 Å². The van der Waals surface area contributed by atoms with Crippen molar-refractivity contribution in [3.8, 4) is 0 Å². The van der Waals surface area contributed by atoms with Gasteiger partial charge in [0.1, 0.15) is 11.6 Å². The molecule has 0 aromatic carbocycles. The molecule has 1 aliphatic rings. The second-order valence-electron chi connectivity index (χ2n) is 7.25. The van der Waals surface area contributed by atoms with E-state index in [0.29, 0.717) is 19.3 Å². The number of hydrogen-bond donors (Lipinski definition) is 1. The van der Waals surface area contributed by atoms with Gasteiger partial charge in [0.2, 0.25) is 0 Å². The van der Waals surface area contributed by atoms with Crippen molar-refractivity contribution in [3.63, 3.8) is 0 Å². The fourth-order valence-electron chi connectivity index (χ4n) is 3.68. The first-order chi connectivity index (χ1) is 12.5. The third kappa shape index (κ3) is 8.26. The lowest BCUT2D eigenvalue weighted by molar-refractivity contribution is -0.134. The normalized spacial score (nSPS) is 22.9. The first-order valence-corrected chi connectivity index (χ1v) is 9.96. The number of esters is 1. The van der Waals surface area contributed by atoms with Crippen molar-refractivity contribution in [2.45, 2.75) is 83.7 Å². The molecule has 3 atom stereocenters. The highest BCUT2D eigenvalue weighted by Crippen LogP contribution is 2.36. The Bertz CT molecular complexity index is 483. The molecule has 0 heterocycles. The molecule has 0 spiro atoms. The first kappa shape index (κ1) is 22.6. The highest BCUT2D eigenvalue weighted by molar-refractivity contribution is 5.84. The average molecular weight is 366 g/mol. The number of rotatable bonds is 13. The Morgan fingerprint density at radius 2 is 1.92 bits per heavy atom. The zero-order chi connectivity index (χ0) is 19.4. The maximum absolute atomic E-state index is 12.2. The van der Waals surface area contributed by atoms with E-state index in [1.807, 2.05) is 0 Å². The lowest BCUT2D eigenvalue weighted by Gasteiger charge is -2.20. The summed E-state index contributed by atoms with van der Waals surface area (Å²) < 4.78 is 4.53. The fraction of sp³-hybridized carbons (Fsp3) is 0.762. The molecule has 5 heteroatoms. The molecule has 1 saturated carbocycles. The van der Waals surface area contributed by atoms with E-state index in [2.05, 4.69) is 11.7 Å². The zero-order valence-electron chi connectivity index (χ0n) is 16.2. The summed E-state index contributed by atoms with van der Waals surface area (Å²) in [7, 11) is 1.35. The Labute approximate surface area is 157 Å². The molecular weight excluding hydrogens is 332 g/mol. The van der Waals surface area contributed by atoms with Gasteiger partial charge in [-0.15, -0.1) is 0 Å². The van der Waals surface area contributed by atoms with Crippen molar-refractivity contribution in [2.75, 3.05) is 7.11 Å². The SMILES string of the molecule is CCCCCC(=O)CCC1C(O)CC(=O)C1CCCC/C=C/C(=O)OC. The van der Waals surface area contributed by atoms with Gasteiger partial charge in [-0.25, -0.2) is 4.79 Å². The Hall–Kier alpha value is -1.49. The number of aliphatic hydroxyl groups excluding tert-OH is 1. The number of ketones is 2. The molecule has 1 N–H and O–H groups in total. The number of aliphatic hydroxyl groups is 1. The topological polar surface area (TPSA) is 80.7 Å². The Morgan fingerprint density at radius 3 is 2.62 bits per heavy atom. The Morgan fingerprint density at radius 1 is 1.15 bits per heavy atom. The molecule has 0 amide bonds. The van der Waals surface area contributed by atoms with Crippen molar-refractivity contribution < 1.29 is 24.2 Å². The molecule has 0 aliphatic heterocycles. The van der Waals surface area contributed by atoms with Crippen LogP contribution in [-0.4, -0.2) is 35.9 Å². The number of Topliss-reactive ketones (excluding diaryl/α,β-unsaturated/α-hetero) is 2. The summed E-state index contributed by atoms with van der Waals surface area (Å²) in [4.78, 5) is 35.1. The van der Waals surface area contributed by atoms with Crippen LogP contribution >= 0.6 is 0 Å². The van der Waals surface area contributed by atoms with E-state index in [-0.39, 0.29) is 35.8 Å². The molecule has 0 aromatic rings. The minimum absolute atomic E-state index is 0.0803. The van der Waals surface area contributed by atoms with Gasteiger partial charge < -0.3 is 9.84 Å². The minimum Gasteiger partial charge on any atom is -0.466 e. The molecule has 0 bridgehead atoms. The van der Waals surface area contributed by atoms with Crippen LogP contribution in [0.25, 0.3) is 0 Å². The summed E-state index contributed by atoms with van der Waals surface area (Å²) in [5, 5.41) is 10.2. The van der Waals surface area contributed by atoms with Crippen LogP contribution in [0, 0.1) is 11.8 Å². The van der Waals surface area contributed by atoms with Gasteiger partial charge in [0.05, 0.1) is 13.2 Å². The Balaban J connectivity index is 2.34. The van der Waals surface area contributed by atoms with Gasteiger partial charge in [-0.1, -0.05) is 32.3 Å². The van der Waals surface area contributed by atoms with Crippen LogP contribution in [0.15, 0.2) is 12.2 Å². The molecule has 0 radical (unpaired) electrons. The first-order valence-electron chi connectivity index (χ1n) is 9.96. The molecule has 5 nitrogen and oxygen atoms in total. The van der Waals surface area contributed by atoms with Crippen molar-refractivity contribution in [1.82, 2.24) is 0 Å². The molecule has 148 valence electrons. The monoisotopic (exact) mass is 366 g/mol. The van der Waals surface area contributed by atoms with Crippen molar-refractivity contribution in [2.24, 2.45) is 11.8 Å². The highest BCUT2D eigenvalue weighted by Gasteiger charge is 2.40. The standard InChI is InChI=1S/C21H34O5/c1-3-4-7-10-16(22)13-14-18-17(19(23)15-20(18)24)11-8-5-6-9-12-21(25)26-2/h9,12,17-18,20,24H,3-8,10-11,13-15H2,1-2H3/b12-9+. The number of carbonyl (C=O) groups excluding carboxylic acids is 3. The van der Waals surface area contributed by atoms with Gasteiger partial charge in [-0.05, 0) is 38.0 Å². The van der Waals surface area contributed by atoms with Crippen LogP contribution in [0.3, 0.4) is 0 Å². The smallest absolute Gasteiger partial charge is 0.330 e. The summed E-state index contributed by atoms with van der Waals surface area (Å²) in [6, 6.07) is 0. The maximum Gasteiger partial charge on any atom is 0.330 e. The minimum atomic E-state index is -0.602. The summed E-state index contributed by atoms with van der Waals surface area (Å²) in [5.41, 5.74) is 0. The van der Waals surface area contributed by atoms with E-state index in [1.54, 1.807) is 6.08 Å². The Kier molecular flexibility index (Phi) is 11.1. The number of allylic oxidation sites excluding steroid dienone is 1. The number of carbonyl (C=O) groups is 3. The van der Waals surface area contributed by atoms with E-state index in [4.69, 9.17) is 0 Å². The van der Waals surface area contributed by atoms with Crippen molar-refractivity contribution >= 4 is 17.5 Å². The molecule has 3 unspecified atom stereocenters. The lowest BCUT2D eigenvalue weighted by atomic mass is 9.85. The number of ether oxygens (including phenoxy) is 1. The quantitative estimate of drug-likeness (QED) is 0.305. The van der Waals surface area contributed by atoms with Crippen LogP contribution in [0.5, 0.6) is 0 Å². The van der Waals surface area contributed by atoms with E-state index in [9.17, 15) is 19.5 Å². The molecule has 1 fully saturated rings. The zero-order valence-corrected chi connectivity index (χ0v) is 16.2. The number of hydrogen-bond acceptors (Lipinski definition) is 5. The highest BCUT2D eigenvalue weighted by atomic mass is 16.5. The lowest BCUT2D eigenvalue weighted by Crippen LogP contribution is -2.21. The molecule has 26 heavy (non-hydrogen) atoms. The molecule has 0 aromatic heterocycles. The third-order valence-corrected chi connectivity index (χ3v) is 5.24. The summed E-state index contributed by atoms with van der Waals surface area (Å²) in [5.74, 6) is -0.188. The van der Waals surface area contributed by atoms with Crippen molar-refractivity contribution in [1.29, 1.82) is 0 Å². The van der Waals surface area contributed by atoms with Crippen LogP contribution in [-0.2, 0) is 19.1 Å². The molecule has 1 aliphatic carbocycles.